The first-order valence-electron chi connectivity index (χ1n) is 7.07. The highest BCUT2D eigenvalue weighted by Gasteiger charge is 2.26. The van der Waals surface area contributed by atoms with Crippen LogP contribution in [0.25, 0.3) is 10.8 Å². The first-order chi connectivity index (χ1) is 10.0. The molecule has 3 rings (SSSR count). The van der Waals surface area contributed by atoms with Gasteiger partial charge in [0.1, 0.15) is 0 Å². The molecule has 0 spiro atoms. The second-order valence-electron chi connectivity index (χ2n) is 5.46. The minimum absolute atomic E-state index is 0.0840. The van der Waals surface area contributed by atoms with Crippen LogP contribution in [-0.4, -0.2) is 44.8 Å². The number of hydrogen-bond donors (Lipinski definition) is 0. The molecular weight excluding hydrogens is 286 g/mol. The van der Waals surface area contributed by atoms with Gasteiger partial charge in [0.2, 0.25) is 10.0 Å². The third-order valence-electron chi connectivity index (χ3n) is 3.90. The summed E-state index contributed by atoms with van der Waals surface area (Å²) in [7, 11) is -3.14. The fourth-order valence-electron chi connectivity index (χ4n) is 2.83. The minimum Gasteiger partial charge on any atom is -0.375 e. The van der Waals surface area contributed by atoms with Crippen LogP contribution >= 0.6 is 0 Å². The van der Waals surface area contributed by atoms with Gasteiger partial charge in [-0.1, -0.05) is 42.5 Å². The van der Waals surface area contributed by atoms with Gasteiger partial charge in [0.05, 0.1) is 19.0 Å². The van der Waals surface area contributed by atoms with E-state index < -0.39 is 10.0 Å². The number of hydrogen-bond acceptors (Lipinski definition) is 3. The Hall–Kier alpha value is -1.43. The van der Waals surface area contributed by atoms with Crippen LogP contribution < -0.4 is 0 Å². The van der Waals surface area contributed by atoms with Crippen molar-refractivity contribution in [2.45, 2.75) is 12.5 Å². The molecule has 0 saturated carbocycles. The Morgan fingerprint density at radius 1 is 1.19 bits per heavy atom. The predicted octanol–water partition coefficient (Wildman–Crippen LogP) is 2.04. The molecule has 0 aliphatic carbocycles. The van der Waals surface area contributed by atoms with Crippen molar-refractivity contribution in [3.8, 4) is 0 Å². The molecule has 1 atom stereocenters. The van der Waals surface area contributed by atoms with Crippen LogP contribution in [0.1, 0.15) is 5.56 Å². The van der Waals surface area contributed by atoms with Crippen LogP contribution in [0, 0.1) is 0 Å². The highest BCUT2D eigenvalue weighted by Crippen LogP contribution is 2.22. The van der Waals surface area contributed by atoms with Gasteiger partial charge in [-0.3, -0.25) is 0 Å². The summed E-state index contributed by atoms with van der Waals surface area (Å²) >= 11 is 0. The number of fused-ring (bicyclic) bond motifs is 1. The summed E-state index contributed by atoms with van der Waals surface area (Å²) < 4.78 is 30.6. The standard InChI is InChI=1S/C16H19NO3S/c1-21(18,19)17-9-10-20-15(12-17)11-14-7-4-6-13-5-2-3-8-16(13)14/h2-8,15H,9-12H2,1H3. The van der Waals surface area contributed by atoms with E-state index in [9.17, 15) is 8.42 Å². The van der Waals surface area contributed by atoms with E-state index in [0.29, 0.717) is 19.7 Å². The average Bonchev–Trinajstić information content (AvgIpc) is 2.47. The SMILES string of the molecule is CS(=O)(=O)N1CCOC(Cc2cccc3ccccc23)C1. The predicted molar refractivity (Wildman–Crippen MR) is 83.8 cm³/mol. The molecule has 5 heteroatoms. The van der Waals surface area contributed by atoms with E-state index in [1.54, 1.807) is 0 Å². The second kappa shape index (κ2) is 5.75. The lowest BCUT2D eigenvalue weighted by Gasteiger charge is -2.31. The quantitative estimate of drug-likeness (QED) is 0.872. The number of sulfonamides is 1. The molecule has 0 radical (unpaired) electrons. The molecule has 1 unspecified atom stereocenters. The third-order valence-corrected chi connectivity index (χ3v) is 5.17. The molecule has 21 heavy (non-hydrogen) atoms. The molecule has 2 aromatic rings. The number of ether oxygens (including phenoxy) is 1. The molecule has 2 aromatic carbocycles. The average molecular weight is 305 g/mol. The Balaban J connectivity index is 1.82. The van der Waals surface area contributed by atoms with Crippen molar-refractivity contribution in [2.24, 2.45) is 0 Å². The molecule has 0 amide bonds. The van der Waals surface area contributed by atoms with E-state index in [-0.39, 0.29) is 6.10 Å². The van der Waals surface area contributed by atoms with Gasteiger partial charge in [0, 0.05) is 19.5 Å². The summed E-state index contributed by atoms with van der Waals surface area (Å²) in [6, 6.07) is 14.4. The van der Waals surface area contributed by atoms with Crippen molar-refractivity contribution >= 4 is 20.8 Å². The van der Waals surface area contributed by atoms with Gasteiger partial charge in [-0.05, 0) is 16.3 Å². The highest BCUT2D eigenvalue weighted by molar-refractivity contribution is 7.88. The fraction of sp³-hybridized carbons (Fsp3) is 0.375. The Kier molecular flexibility index (Phi) is 3.97. The van der Waals surface area contributed by atoms with Gasteiger partial charge in [0.25, 0.3) is 0 Å². The maximum atomic E-state index is 11.7. The second-order valence-corrected chi connectivity index (χ2v) is 7.44. The highest BCUT2D eigenvalue weighted by atomic mass is 32.2. The van der Waals surface area contributed by atoms with E-state index in [1.165, 1.54) is 26.9 Å². The number of nitrogens with zero attached hydrogens (tertiary/aromatic N) is 1. The lowest BCUT2D eigenvalue weighted by Crippen LogP contribution is -2.45. The van der Waals surface area contributed by atoms with E-state index in [0.717, 1.165) is 6.42 Å². The van der Waals surface area contributed by atoms with Crippen molar-refractivity contribution in [3.63, 3.8) is 0 Å². The maximum Gasteiger partial charge on any atom is 0.211 e. The molecule has 0 bridgehead atoms. The molecule has 4 nitrogen and oxygen atoms in total. The van der Waals surface area contributed by atoms with Crippen LogP contribution in [0.15, 0.2) is 42.5 Å². The Bertz CT molecular complexity index is 737. The first-order valence-corrected chi connectivity index (χ1v) is 8.92. The summed E-state index contributed by atoms with van der Waals surface area (Å²) in [4.78, 5) is 0. The van der Waals surface area contributed by atoms with Crippen molar-refractivity contribution in [1.82, 2.24) is 4.31 Å². The molecule has 1 aliphatic rings. The van der Waals surface area contributed by atoms with Crippen molar-refractivity contribution in [3.05, 3.63) is 48.0 Å². The summed E-state index contributed by atoms with van der Waals surface area (Å²) in [6.07, 6.45) is 1.90. The molecule has 0 N–H and O–H groups in total. The zero-order chi connectivity index (χ0) is 14.9. The van der Waals surface area contributed by atoms with E-state index in [4.69, 9.17) is 4.74 Å². The van der Waals surface area contributed by atoms with E-state index in [2.05, 4.69) is 24.3 Å². The van der Waals surface area contributed by atoms with Crippen LogP contribution in [0.4, 0.5) is 0 Å². The topological polar surface area (TPSA) is 46.6 Å². The number of morpholine rings is 1. The summed E-state index contributed by atoms with van der Waals surface area (Å²) in [5.74, 6) is 0. The smallest absolute Gasteiger partial charge is 0.211 e. The number of rotatable bonds is 3. The van der Waals surface area contributed by atoms with Gasteiger partial charge < -0.3 is 4.74 Å². The Morgan fingerprint density at radius 2 is 1.95 bits per heavy atom. The molecule has 1 fully saturated rings. The zero-order valence-corrected chi connectivity index (χ0v) is 12.8. The lowest BCUT2D eigenvalue weighted by atomic mass is 9.99. The monoisotopic (exact) mass is 305 g/mol. The van der Waals surface area contributed by atoms with Crippen LogP contribution in [-0.2, 0) is 21.2 Å². The van der Waals surface area contributed by atoms with E-state index in [1.807, 2.05) is 18.2 Å². The Labute approximate surface area is 125 Å². The van der Waals surface area contributed by atoms with E-state index >= 15 is 0 Å². The third kappa shape index (κ3) is 3.26. The molecule has 1 aliphatic heterocycles. The molecule has 1 saturated heterocycles. The summed E-state index contributed by atoms with van der Waals surface area (Å²) in [5, 5.41) is 2.41. The summed E-state index contributed by atoms with van der Waals surface area (Å²) in [6.45, 7) is 1.34. The van der Waals surface area contributed by atoms with Gasteiger partial charge in [0.15, 0.2) is 0 Å². The van der Waals surface area contributed by atoms with Gasteiger partial charge >= 0.3 is 0 Å². The lowest BCUT2D eigenvalue weighted by molar-refractivity contribution is -0.000118. The largest absolute Gasteiger partial charge is 0.375 e. The molecule has 0 aromatic heterocycles. The van der Waals surface area contributed by atoms with Crippen molar-refractivity contribution in [1.29, 1.82) is 0 Å². The van der Waals surface area contributed by atoms with Crippen LogP contribution in [0.2, 0.25) is 0 Å². The van der Waals surface area contributed by atoms with Crippen LogP contribution in [0.3, 0.4) is 0 Å². The van der Waals surface area contributed by atoms with Gasteiger partial charge in [-0.15, -0.1) is 0 Å². The molecule has 1 heterocycles. The molecular formula is C16H19NO3S. The van der Waals surface area contributed by atoms with Crippen molar-refractivity contribution < 1.29 is 13.2 Å². The maximum absolute atomic E-state index is 11.7. The van der Waals surface area contributed by atoms with Crippen LogP contribution in [0.5, 0.6) is 0 Å². The summed E-state index contributed by atoms with van der Waals surface area (Å²) in [5.41, 5.74) is 1.20. The van der Waals surface area contributed by atoms with Gasteiger partial charge in [-0.25, -0.2) is 8.42 Å². The van der Waals surface area contributed by atoms with Crippen molar-refractivity contribution in [2.75, 3.05) is 26.0 Å². The first kappa shape index (κ1) is 14.5. The normalized spacial score (nSPS) is 20.7. The molecule has 112 valence electrons. The fourth-order valence-corrected chi connectivity index (χ4v) is 3.68. The van der Waals surface area contributed by atoms with Gasteiger partial charge in [-0.2, -0.15) is 4.31 Å². The number of benzene rings is 2. The minimum atomic E-state index is -3.14. The zero-order valence-electron chi connectivity index (χ0n) is 12.0. The Morgan fingerprint density at radius 3 is 2.76 bits per heavy atom.